The number of nitrogens with one attached hydrogen (secondary N) is 1. The molecule has 4 aromatic carbocycles. The Hall–Kier alpha value is -4.38. The van der Waals surface area contributed by atoms with E-state index in [0.717, 1.165) is 49.0 Å². The number of rotatable bonds is 10. The number of para-hydroxylation sites is 1. The monoisotopic (exact) mass is 659 g/mol. The molecule has 0 saturated carbocycles. The van der Waals surface area contributed by atoms with Crippen molar-refractivity contribution in [2.75, 3.05) is 5.75 Å². The molecule has 47 heavy (non-hydrogen) atoms. The van der Waals surface area contributed by atoms with E-state index in [-0.39, 0.29) is 24.7 Å². The molecule has 236 valence electrons. The van der Waals surface area contributed by atoms with Crippen LogP contribution in [0, 0.1) is 0 Å². The zero-order chi connectivity index (χ0) is 32.0. The minimum Gasteiger partial charge on any atom is -0.392 e. The van der Waals surface area contributed by atoms with Crippen LogP contribution in [-0.2, 0) is 22.6 Å². The Morgan fingerprint density at radius 1 is 0.894 bits per heavy atom. The summed E-state index contributed by atoms with van der Waals surface area (Å²) in [5.41, 5.74) is 7.50. The summed E-state index contributed by atoms with van der Waals surface area (Å²) < 4.78 is 15.4. The van der Waals surface area contributed by atoms with Crippen LogP contribution in [-0.4, -0.2) is 32.8 Å². The van der Waals surface area contributed by atoms with Crippen LogP contribution in [0.15, 0.2) is 126 Å². The lowest BCUT2D eigenvalue weighted by Crippen LogP contribution is -2.31. The smallest absolute Gasteiger partial charge is 0.253 e. The van der Waals surface area contributed by atoms with Gasteiger partial charge in [-0.25, -0.2) is 4.98 Å². The Balaban J connectivity index is 1.08. The molecule has 1 aliphatic rings. The fraction of sp³-hybridized carbons (Fsp3) is 0.184. The number of thiazole rings is 1. The van der Waals surface area contributed by atoms with Crippen molar-refractivity contribution in [3.8, 4) is 11.1 Å². The third kappa shape index (κ3) is 7.45. The molecule has 2 N–H and O–H groups in total. The predicted molar refractivity (Wildman–Crippen MR) is 186 cm³/mol. The summed E-state index contributed by atoms with van der Waals surface area (Å²) in [6, 6.07) is 36.0. The largest absolute Gasteiger partial charge is 0.392 e. The van der Waals surface area contributed by atoms with Gasteiger partial charge in [0, 0.05) is 36.7 Å². The second kappa shape index (κ2) is 14.6. The van der Waals surface area contributed by atoms with Crippen LogP contribution in [0.5, 0.6) is 0 Å². The number of pyridine rings is 1. The number of thioether (sulfide) groups is 1. The molecule has 0 spiro atoms. The Morgan fingerprint density at radius 2 is 1.68 bits per heavy atom. The van der Waals surface area contributed by atoms with Gasteiger partial charge in [-0.15, -0.1) is 11.3 Å². The van der Waals surface area contributed by atoms with Gasteiger partial charge in [-0.2, -0.15) is 0 Å². The molecular formula is C38H33N3O4S2. The summed E-state index contributed by atoms with van der Waals surface area (Å²) in [7, 11) is 0. The number of nitrogens with zero attached hydrogens (tertiary/aromatic N) is 2. The van der Waals surface area contributed by atoms with Gasteiger partial charge in [0.15, 0.2) is 10.6 Å². The van der Waals surface area contributed by atoms with E-state index in [9.17, 15) is 9.90 Å². The SMILES string of the molecule is O=C(NCc1ccccc1-c1ccc([C@@H]2O[C@H](CSc3nc4ccccc4s3)C[C@H](c3ccc(CO)cc3)O2)cc1)c1cccnc1. The molecule has 0 bridgehead atoms. The third-order valence-electron chi connectivity index (χ3n) is 8.16. The zero-order valence-corrected chi connectivity index (χ0v) is 27.1. The number of aliphatic hydroxyl groups excluding tert-OH is 1. The number of hydrogen-bond donors (Lipinski definition) is 2. The van der Waals surface area contributed by atoms with Gasteiger partial charge in [0.05, 0.1) is 34.6 Å². The topological polar surface area (TPSA) is 93.6 Å². The van der Waals surface area contributed by atoms with Crippen molar-refractivity contribution in [1.29, 1.82) is 0 Å². The Morgan fingerprint density at radius 3 is 2.47 bits per heavy atom. The molecule has 1 fully saturated rings. The van der Waals surface area contributed by atoms with Crippen molar-refractivity contribution in [2.45, 2.75) is 42.4 Å². The van der Waals surface area contributed by atoms with Crippen molar-refractivity contribution in [3.63, 3.8) is 0 Å². The molecule has 0 radical (unpaired) electrons. The molecule has 1 saturated heterocycles. The van der Waals surface area contributed by atoms with Gasteiger partial charge < -0.3 is 19.9 Å². The summed E-state index contributed by atoms with van der Waals surface area (Å²) in [6.07, 6.45) is 3.16. The highest BCUT2D eigenvalue weighted by Crippen LogP contribution is 2.40. The number of benzene rings is 4. The molecule has 0 unspecified atom stereocenters. The van der Waals surface area contributed by atoms with Gasteiger partial charge in [0.25, 0.3) is 5.91 Å². The van der Waals surface area contributed by atoms with Crippen LogP contribution in [0.4, 0.5) is 0 Å². The number of hydrogen-bond acceptors (Lipinski definition) is 8. The Kier molecular flexibility index (Phi) is 9.69. The Bertz CT molecular complexity index is 1920. The first-order valence-electron chi connectivity index (χ1n) is 15.5. The van der Waals surface area contributed by atoms with Crippen molar-refractivity contribution in [1.82, 2.24) is 15.3 Å². The van der Waals surface area contributed by atoms with Crippen molar-refractivity contribution >= 4 is 39.2 Å². The van der Waals surface area contributed by atoms with E-state index in [2.05, 4.69) is 46.7 Å². The molecule has 7 nitrogen and oxygen atoms in total. The quantitative estimate of drug-likeness (QED) is 0.144. The van der Waals surface area contributed by atoms with Gasteiger partial charge in [0.2, 0.25) is 0 Å². The van der Waals surface area contributed by atoms with E-state index < -0.39 is 6.29 Å². The van der Waals surface area contributed by atoms with E-state index in [1.54, 1.807) is 47.6 Å². The zero-order valence-electron chi connectivity index (χ0n) is 25.5. The number of ether oxygens (including phenoxy) is 2. The highest BCUT2D eigenvalue weighted by molar-refractivity contribution is 8.01. The molecule has 9 heteroatoms. The maximum Gasteiger partial charge on any atom is 0.253 e. The van der Waals surface area contributed by atoms with E-state index >= 15 is 0 Å². The normalized spacial score (nSPS) is 17.9. The lowest BCUT2D eigenvalue weighted by Gasteiger charge is -2.36. The van der Waals surface area contributed by atoms with E-state index in [1.807, 2.05) is 60.7 Å². The molecule has 2 aromatic heterocycles. The first-order valence-corrected chi connectivity index (χ1v) is 17.3. The fourth-order valence-corrected chi connectivity index (χ4v) is 7.76. The van der Waals surface area contributed by atoms with E-state index in [0.29, 0.717) is 18.5 Å². The van der Waals surface area contributed by atoms with Gasteiger partial charge in [-0.3, -0.25) is 9.78 Å². The summed E-state index contributed by atoms with van der Waals surface area (Å²) in [6.45, 7) is 0.399. The van der Waals surface area contributed by atoms with E-state index in [4.69, 9.17) is 14.5 Å². The molecular weight excluding hydrogens is 627 g/mol. The van der Waals surface area contributed by atoms with Gasteiger partial charge in [0.1, 0.15) is 0 Å². The first-order chi connectivity index (χ1) is 23.1. The van der Waals surface area contributed by atoms with Crippen molar-refractivity contribution in [3.05, 3.63) is 149 Å². The van der Waals surface area contributed by atoms with Crippen LogP contribution in [0.2, 0.25) is 0 Å². The summed E-state index contributed by atoms with van der Waals surface area (Å²) in [5.74, 6) is 0.590. The van der Waals surface area contributed by atoms with Crippen molar-refractivity contribution < 1.29 is 19.4 Å². The predicted octanol–water partition coefficient (Wildman–Crippen LogP) is 8.12. The fourth-order valence-electron chi connectivity index (χ4n) is 5.65. The van der Waals surface area contributed by atoms with Crippen LogP contribution in [0.25, 0.3) is 21.3 Å². The van der Waals surface area contributed by atoms with Crippen LogP contribution in [0.1, 0.15) is 51.4 Å². The number of amides is 1. The van der Waals surface area contributed by atoms with Crippen LogP contribution in [0.3, 0.4) is 0 Å². The number of fused-ring (bicyclic) bond motifs is 1. The summed E-state index contributed by atoms with van der Waals surface area (Å²) in [5, 5.41) is 12.6. The molecule has 0 aliphatic carbocycles. The maximum atomic E-state index is 12.6. The number of carbonyl (C=O) groups excluding carboxylic acids is 1. The number of carbonyl (C=O) groups is 1. The standard InChI is InChI=1S/C38H33N3O4S2/c42-23-25-11-13-27(14-12-25)34-20-31(24-46-38-41-33-9-3-4-10-35(33)47-38)44-37(45-34)28-17-15-26(16-18-28)32-8-2-1-6-29(32)22-40-36(43)30-7-5-19-39-21-30/h1-19,21,31,34,37,42H,20,22-24H2,(H,40,43)/t31-,34+,37+/m0/s1. The second-order valence-corrected chi connectivity index (χ2v) is 13.6. The molecule has 1 amide bonds. The van der Waals surface area contributed by atoms with Gasteiger partial charge in [-0.05, 0) is 52.1 Å². The van der Waals surface area contributed by atoms with Gasteiger partial charge >= 0.3 is 0 Å². The molecule has 3 atom stereocenters. The molecule has 6 aromatic rings. The third-order valence-corrected chi connectivity index (χ3v) is 10.5. The average molecular weight is 660 g/mol. The average Bonchev–Trinajstić information content (AvgIpc) is 3.57. The molecule has 3 heterocycles. The molecule has 7 rings (SSSR count). The maximum absolute atomic E-state index is 12.6. The summed E-state index contributed by atoms with van der Waals surface area (Å²) >= 11 is 3.42. The van der Waals surface area contributed by atoms with E-state index in [1.165, 1.54) is 4.70 Å². The highest BCUT2D eigenvalue weighted by atomic mass is 32.2. The number of aliphatic hydroxyl groups is 1. The first kappa shape index (κ1) is 31.2. The highest BCUT2D eigenvalue weighted by Gasteiger charge is 2.32. The minimum absolute atomic E-state index is 0.00528. The lowest BCUT2D eigenvalue weighted by molar-refractivity contribution is -0.245. The number of aromatic nitrogens is 2. The van der Waals surface area contributed by atoms with Crippen molar-refractivity contribution in [2.24, 2.45) is 0 Å². The lowest BCUT2D eigenvalue weighted by atomic mass is 9.97. The molecule has 1 aliphatic heterocycles. The van der Waals surface area contributed by atoms with Gasteiger partial charge in [-0.1, -0.05) is 96.7 Å². The van der Waals surface area contributed by atoms with Crippen LogP contribution < -0.4 is 5.32 Å². The second-order valence-electron chi connectivity index (χ2n) is 11.3. The van der Waals surface area contributed by atoms with Crippen LogP contribution >= 0.6 is 23.1 Å². The minimum atomic E-state index is -0.546. The Labute approximate surface area is 281 Å². The summed E-state index contributed by atoms with van der Waals surface area (Å²) in [4.78, 5) is 21.5.